The van der Waals surface area contributed by atoms with Gasteiger partial charge in [-0.15, -0.1) is 0 Å². The summed E-state index contributed by atoms with van der Waals surface area (Å²) in [6.07, 6.45) is 0.251. The highest BCUT2D eigenvalue weighted by molar-refractivity contribution is 5.44. The summed E-state index contributed by atoms with van der Waals surface area (Å²) in [5, 5.41) is 12.1. The minimum Gasteiger partial charge on any atom is -0.391 e. The van der Waals surface area contributed by atoms with Crippen LogP contribution in [-0.4, -0.2) is 17.8 Å². The van der Waals surface area contributed by atoms with Crippen LogP contribution in [0.5, 0.6) is 0 Å². The van der Waals surface area contributed by atoms with Crippen LogP contribution in [0.15, 0.2) is 24.3 Å². The second-order valence-electron chi connectivity index (χ2n) is 2.92. The average Bonchev–Trinajstić information content (AvgIpc) is 2.16. The lowest BCUT2D eigenvalue weighted by Crippen LogP contribution is -2.18. The molecule has 0 radical (unpaired) electrons. The van der Waals surface area contributed by atoms with Crippen molar-refractivity contribution in [1.29, 1.82) is 0 Å². The van der Waals surface area contributed by atoms with Crippen LogP contribution in [0.1, 0.15) is 13.3 Å². The quantitative estimate of drug-likeness (QED) is 0.748. The standard InChI is InChI=1S/C10H14FNO/c1-2-8(13)7-12-10-6-4-3-5-9(10)11/h3-6,8,12-13H,2,7H2,1H3. The van der Waals surface area contributed by atoms with Crippen LogP contribution in [0.25, 0.3) is 0 Å². The van der Waals surface area contributed by atoms with Gasteiger partial charge in [-0.3, -0.25) is 0 Å². The van der Waals surface area contributed by atoms with Crippen molar-refractivity contribution in [3.05, 3.63) is 30.1 Å². The molecule has 72 valence electrons. The van der Waals surface area contributed by atoms with E-state index in [1.807, 2.05) is 6.92 Å². The number of halogens is 1. The summed E-state index contributed by atoms with van der Waals surface area (Å²) >= 11 is 0. The van der Waals surface area contributed by atoms with Crippen LogP contribution in [-0.2, 0) is 0 Å². The van der Waals surface area contributed by atoms with Gasteiger partial charge in [0, 0.05) is 6.54 Å². The minimum absolute atomic E-state index is 0.286. The fourth-order valence-corrected chi connectivity index (χ4v) is 0.977. The van der Waals surface area contributed by atoms with E-state index in [-0.39, 0.29) is 5.82 Å². The highest BCUT2D eigenvalue weighted by Gasteiger charge is 2.02. The van der Waals surface area contributed by atoms with Crippen LogP contribution in [0.4, 0.5) is 10.1 Å². The van der Waals surface area contributed by atoms with E-state index in [0.29, 0.717) is 18.7 Å². The smallest absolute Gasteiger partial charge is 0.146 e. The van der Waals surface area contributed by atoms with Crippen LogP contribution in [0.3, 0.4) is 0 Å². The summed E-state index contributed by atoms with van der Waals surface area (Å²) in [6.45, 7) is 2.27. The maximum atomic E-state index is 13.0. The van der Waals surface area contributed by atoms with Crippen molar-refractivity contribution in [2.75, 3.05) is 11.9 Å². The maximum Gasteiger partial charge on any atom is 0.146 e. The molecule has 0 heterocycles. The molecule has 0 bridgehead atoms. The zero-order chi connectivity index (χ0) is 9.68. The molecule has 1 aromatic carbocycles. The van der Waals surface area contributed by atoms with Crippen LogP contribution in [0.2, 0.25) is 0 Å². The van der Waals surface area contributed by atoms with Crippen molar-refractivity contribution in [2.24, 2.45) is 0 Å². The topological polar surface area (TPSA) is 32.3 Å². The lowest BCUT2D eigenvalue weighted by atomic mass is 10.2. The van der Waals surface area contributed by atoms with Gasteiger partial charge in [0.05, 0.1) is 11.8 Å². The van der Waals surface area contributed by atoms with Gasteiger partial charge in [0.1, 0.15) is 5.82 Å². The van der Waals surface area contributed by atoms with Gasteiger partial charge in [-0.2, -0.15) is 0 Å². The molecule has 0 saturated heterocycles. The lowest BCUT2D eigenvalue weighted by Gasteiger charge is -2.10. The highest BCUT2D eigenvalue weighted by Crippen LogP contribution is 2.12. The third kappa shape index (κ3) is 3.03. The van der Waals surface area contributed by atoms with Crippen LogP contribution >= 0.6 is 0 Å². The Kier molecular flexibility index (Phi) is 3.71. The second-order valence-corrected chi connectivity index (χ2v) is 2.92. The third-order valence-electron chi connectivity index (χ3n) is 1.87. The molecule has 0 saturated carbocycles. The first-order valence-corrected chi connectivity index (χ1v) is 4.40. The molecule has 13 heavy (non-hydrogen) atoms. The zero-order valence-electron chi connectivity index (χ0n) is 7.63. The maximum absolute atomic E-state index is 13.0. The number of nitrogens with one attached hydrogen (secondary N) is 1. The molecule has 0 aliphatic rings. The number of benzene rings is 1. The van der Waals surface area contributed by atoms with Gasteiger partial charge >= 0.3 is 0 Å². The first kappa shape index (κ1) is 9.99. The molecule has 0 amide bonds. The summed E-state index contributed by atoms with van der Waals surface area (Å²) in [7, 11) is 0. The van der Waals surface area contributed by atoms with Gasteiger partial charge in [0.25, 0.3) is 0 Å². The van der Waals surface area contributed by atoms with Gasteiger partial charge in [-0.1, -0.05) is 19.1 Å². The van der Waals surface area contributed by atoms with Crippen molar-refractivity contribution < 1.29 is 9.50 Å². The molecule has 3 heteroatoms. The normalized spacial score (nSPS) is 12.5. The molecule has 1 unspecified atom stereocenters. The number of aliphatic hydroxyl groups is 1. The Bertz CT molecular complexity index is 265. The summed E-state index contributed by atoms with van der Waals surface area (Å²) in [5.41, 5.74) is 0.440. The predicted octanol–water partition coefficient (Wildman–Crippen LogP) is 2.01. The molecule has 0 aliphatic heterocycles. The first-order chi connectivity index (χ1) is 6.24. The Hall–Kier alpha value is -1.09. The molecular formula is C10H14FNO. The van der Waals surface area contributed by atoms with Crippen molar-refractivity contribution in [3.63, 3.8) is 0 Å². The minimum atomic E-state index is -0.417. The van der Waals surface area contributed by atoms with E-state index in [1.54, 1.807) is 18.2 Å². The van der Waals surface area contributed by atoms with E-state index in [1.165, 1.54) is 6.07 Å². The number of para-hydroxylation sites is 1. The molecule has 0 aliphatic carbocycles. The summed E-state index contributed by atoms with van der Waals surface area (Å²) in [6, 6.07) is 6.43. The summed E-state index contributed by atoms with van der Waals surface area (Å²) in [4.78, 5) is 0. The molecule has 1 rings (SSSR count). The van der Waals surface area contributed by atoms with E-state index in [9.17, 15) is 9.50 Å². The molecule has 2 nitrogen and oxygen atoms in total. The van der Waals surface area contributed by atoms with E-state index < -0.39 is 6.10 Å². The fraction of sp³-hybridized carbons (Fsp3) is 0.400. The average molecular weight is 183 g/mol. The Balaban J connectivity index is 2.50. The van der Waals surface area contributed by atoms with Gasteiger partial charge < -0.3 is 10.4 Å². The van der Waals surface area contributed by atoms with Gasteiger partial charge in [-0.05, 0) is 18.6 Å². The number of rotatable bonds is 4. The van der Waals surface area contributed by atoms with E-state index >= 15 is 0 Å². The summed E-state index contributed by atoms with van der Waals surface area (Å²) in [5.74, 6) is -0.286. The second kappa shape index (κ2) is 4.82. The van der Waals surface area contributed by atoms with Gasteiger partial charge in [0.15, 0.2) is 0 Å². The van der Waals surface area contributed by atoms with Crippen molar-refractivity contribution in [3.8, 4) is 0 Å². The number of hydrogen-bond donors (Lipinski definition) is 2. The predicted molar refractivity (Wildman–Crippen MR) is 51.2 cm³/mol. The molecule has 1 aromatic rings. The SMILES string of the molecule is CCC(O)CNc1ccccc1F. The van der Waals surface area contributed by atoms with E-state index in [2.05, 4.69) is 5.32 Å². The van der Waals surface area contributed by atoms with Crippen LogP contribution in [0, 0.1) is 5.82 Å². The molecular weight excluding hydrogens is 169 g/mol. The molecule has 2 N–H and O–H groups in total. The monoisotopic (exact) mass is 183 g/mol. The molecule has 0 spiro atoms. The number of hydrogen-bond acceptors (Lipinski definition) is 2. The Morgan fingerprint density at radius 1 is 1.46 bits per heavy atom. The fourth-order valence-electron chi connectivity index (χ4n) is 0.977. The lowest BCUT2D eigenvalue weighted by molar-refractivity contribution is 0.183. The Labute approximate surface area is 77.4 Å². The third-order valence-corrected chi connectivity index (χ3v) is 1.87. The molecule has 0 aromatic heterocycles. The molecule has 0 fully saturated rings. The van der Waals surface area contributed by atoms with Crippen LogP contribution < -0.4 is 5.32 Å². The van der Waals surface area contributed by atoms with Crippen molar-refractivity contribution in [2.45, 2.75) is 19.4 Å². The highest BCUT2D eigenvalue weighted by atomic mass is 19.1. The van der Waals surface area contributed by atoms with E-state index in [0.717, 1.165) is 0 Å². The summed E-state index contributed by atoms with van der Waals surface area (Å²) < 4.78 is 13.0. The van der Waals surface area contributed by atoms with Crippen molar-refractivity contribution >= 4 is 5.69 Å². The van der Waals surface area contributed by atoms with Gasteiger partial charge in [-0.25, -0.2) is 4.39 Å². The van der Waals surface area contributed by atoms with Crippen molar-refractivity contribution in [1.82, 2.24) is 0 Å². The zero-order valence-corrected chi connectivity index (χ0v) is 7.63. The number of anilines is 1. The largest absolute Gasteiger partial charge is 0.391 e. The Morgan fingerprint density at radius 3 is 2.77 bits per heavy atom. The Morgan fingerprint density at radius 2 is 2.15 bits per heavy atom. The number of aliphatic hydroxyl groups excluding tert-OH is 1. The first-order valence-electron chi connectivity index (χ1n) is 4.40. The van der Waals surface area contributed by atoms with Gasteiger partial charge in [0.2, 0.25) is 0 Å². The van der Waals surface area contributed by atoms with E-state index in [4.69, 9.17) is 0 Å². The molecule has 1 atom stereocenters.